The molecule has 0 spiro atoms. The zero-order valence-corrected chi connectivity index (χ0v) is 11.0. The monoisotopic (exact) mass is 235 g/mol. The number of rotatable bonds is 5. The highest BCUT2D eigenvalue weighted by Gasteiger charge is 2.27. The number of carbonyl (C=O) groups excluding carboxylic acids is 1. The van der Waals surface area contributed by atoms with E-state index in [1.165, 1.54) is 5.56 Å². The van der Waals surface area contributed by atoms with Crippen LogP contribution in [0.3, 0.4) is 0 Å². The molecule has 17 heavy (non-hydrogen) atoms. The summed E-state index contributed by atoms with van der Waals surface area (Å²) < 4.78 is 0. The van der Waals surface area contributed by atoms with Gasteiger partial charge in [0.2, 0.25) is 5.91 Å². The molecule has 0 radical (unpaired) electrons. The van der Waals surface area contributed by atoms with E-state index in [1.54, 1.807) is 24.3 Å². The first-order valence-electron chi connectivity index (χ1n) is 5.81. The lowest BCUT2D eigenvalue weighted by Crippen LogP contribution is -2.52. The van der Waals surface area contributed by atoms with Gasteiger partial charge in [-0.2, -0.15) is 0 Å². The number of likely N-dealkylation sites (N-methyl/N-ethyl adjacent to an activating group) is 2. The minimum atomic E-state index is -0.507. The van der Waals surface area contributed by atoms with Crippen molar-refractivity contribution >= 4 is 5.91 Å². The van der Waals surface area contributed by atoms with E-state index in [1.807, 2.05) is 33.0 Å². The fraction of sp³-hybridized carbons (Fsp3) is 0.538. The Morgan fingerprint density at radius 2 is 2.00 bits per heavy atom. The molecule has 1 amide bonds. The molecule has 0 aliphatic rings. The first-order valence-corrected chi connectivity index (χ1v) is 5.81. The van der Waals surface area contributed by atoms with Crippen molar-refractivity contribution < 1.29 is 4.79 Å². The lowest BCUT2D eigenvalue weighted by Gasteiger charge is -2.29. The van der Waals surface area contributed by atoms with E-state index in [9.17, 15) is 4.79 Å². The van der Waals surface area contributed by atoms with Gasteiger partial charge in [-0.25, -0.2) is 0 Å². The largest absolute Gasteiger partial charge is 0.344 e. The van der Waals surface area contributed by atoms with Crippen molar-refractivity contribution in [2.75, 3.05) is 20.6 Å². The van der Waals surface area contributed by atoms with Gasteiger partial charge in [0.15, 0.2) is 0 Å². The van der Waals surface area contributed by atoms with E-state index in [0.717, 1.165) is 6.42 Å². The van der Waals surface area contributed by atoms with Crippen LogP contribution in [0.4, 0.5) is 0 Å². The van der Waals surface area contributed by atoms with Crippen LogP contribution in [0, 0.1) is 0 Å². The molecule has 1 rings (SSSR count). The molecule has 4 heteroatoms. The second-order valence-corrected chi connectivity index (χ2v) is 4.71. The van der Waals surface area contributed by atoms with E-state index in [4.69, 9.17) is 0 Å². The maximum atomic E-state index is 12.1. The third-order valence-electron chi connectivity index (χ3n) is 2.99. The first kappa shape index (κ1) is 13.6. The van der Waals surface area contributed by atoms with Crippen molar-refractivity contribution in [2.45, 2.75) is 25.8 Å². The number of nitrogens with zero attached hydrogens (tertiary/aromatic N) is 2. The molecule has 94 valence electrons. The number of amides is 1. The summed E-state index contributed by atoms with van der Waals surface area (Å²) in [6.45, 7) is 4.49. The van der Waals surface area contributed by atoms with Gasteiger partial charge in [0.1, 0.15) is 0 Å². The van der Waals surface area contributed by atoms with Gasteiger partial charge in [-0.15, -0.1) is 0 Å². The lowest BCUT2D eigenvalue weighted by atomic mass is 10.0. The predicted octanol–water partition coefficient (Wildman–Crippen LogP) is 1.08. The summed E-state index contributed by atoms with van der Waals surface area (Å²) in [7, 11) is 3.64. The molecule has 1 heterocycles. The summed E-state index contributed by atoms with van der Waals surface area (Å²) in [6.07, 6.45) is 4.40. The van der Waals surface area contributed by atoms with Crippen molar-refractivity contribution in [3.8, 4) is 0 Å². The van der Waals surface area contributed by atoms with Crippen molar-refractivity contribution in [1.29, 1.82) is 0 Å². The van der Waals surface area contributed by atoms with Crippen LogP contribution in [0.25, 0.3) is 0 Å². The summed E-state index contributed by atoms with van der Waals surface area (Å²) in [6, 6.07) is 3.95. The van der Waals surface area contributed by atoms with Crippen LogP contribution in [-0.2, 0) is 11.2 Å². The topological polar surface area (TPSA) is 45.2 Å². The van der Waals surface area contributed by atoms with Crippen LogP contribution >= 0.6 is 0 Å². The Hall–Kier alpha value is -1.42. The number of pyridine rings is 1. The second-order valence-electron chi connectivity index (χ2n) is 4.71. The molecular formula is C13H21N3O. The molecule has 1 aromatic rings. The van der Waals surface area contributed by atoms with E-state index in [0.29, 0.717) is 6.54 Å². The van der Waals surface area contributed by atoms with Crippen LogP contribution in [0.1, 0.15) is 19.4 Å². The van der Waals surface area contributed by atoms with E-state index < -0.39 is 5.54 Å². The third kappa shape index (κ3) is 3.82. The second kappa shape index (κ2) is 5.77. The molecule has 0 aliphatic heterocycles. The summed E-state index contributed by atoms with van der Waals surface area (Å²) in [4.78, 5) is 17.8. The number of carbonyl (C=O) groups is 1. The predicted molar refractivity (Wildman–Crippen MR) is 68.7 cm³/mol. The number of hydrogen-bond donors (Lipinski definition) is 1. The third-order valence-corrected chi connectivity index (χ3v) is 2.99. The average Bonchev–Trinajstić information content (AvgIpc) is 2.36. The van der Waals surface area contributed by atoms with Gasteiger partial charge in [-0.3, -0.25) is 9.78 Å². The van der Waals surface area contributed by atoms with Gasteiger partial charge in [-0.05, 0) is 45.0 Å². The Bertz CT molecular complexity index is 362. The maximum Gasteiger partial charge on any atom is 0.242 e. The molecule has 0 unspecified atom stereocenters. The van der Waals surface area contributed by atoms with Crippen LogP contribution in [0.2, 0.25) is 0 Å². The van der Waals surface area contributed by atoms with Gasteiger partial charge in [0, 0.05) is 26.0 Å². The zero-order valence-electron chi connectivity index (χ0n) is 11.0. The minimum absolute atomic E-state index is 0.106. The van der Waals surface area contributed by atoms with E-state index >= 15 is 0 Å². The van der Waals surface area contributed by atoms with E-state index in [2.05, 4.69) is 10.3 Å². The van der Waals surface area contributed by atoms with E-state index in [-0.39, 0.29) is 5.91 Å². The molecular weight excluding hydrogens is 214 g/mol. The standard InChI is InChI=1S/C13H21N3O/c1-13(2,14-3)12(17)16(4)10-7-11-5-8-15-9-6-11/h5-6,8-9,14H,7,10H2,1-4H3. The molecule has 0 aromatic carbocycles. The molecule has 0 saturated heterocycles. The number of aromatic nitrogens is 1. The summed E-state index contributed by atoms with van der Waals surface area (Å²) in [5.74, 6) is 0.106. The van der Waals surface area contributed by atoms with Crippen molar-refractivity contribution in [1.82, 2.24) is 15.2 Å². The fourth-order valence-electron chi connectivity index (χ4n) is 1.53. The lowest BCUT2D eigenvalue weighted by molar-refractivity contribution is -0.135. The Labute approximate surface area is 103 Å². The normalized spacial score (nSPS) is 11.3. The quantitative estimate of drug-likeness (QED) is 0.830. The highest BCUT2D eigenvalue weighted by molar-refractivity contribution is 5.85. The van der Waals surface area contributed by atoms with Crippen LogP contribution in [-0.4, -0.2) is 42.0 Å². The molecule has 0 fully saturated rings. The fourth-order valence-corrected chi connectivity index (χ4v) is 1.53. The zero-order chi connectivity index (χ0) is 12.9. The van der Waals surface area contributed by atoms with Crippen LogP contribution in [0.15, 0.2) is 24.5 Å². The smallest absolute Gasteiger partial charge is 0.242 e. The molecule has 0 bridgehead atoms. The van der Waals surface area contributed by atoms with Crippen molar-refractivity contribution in [2.24, 2.45) is 0 Å². The Morgan fingerprint density at radius 1 is 1.41 bits per heavy atom. The van der Waals surface area contributed by atoms with Gasteiger partial charge in [-0.1, -0.05) is 0 Å². The number of hydrogen-bond acceptors (Lipinski definition) is 3. The highest BCUT2D eigenvalue weighted by Crippen LogP contribution is 2.07. The molecule has 1 N–H and O–H groups in total. The molecule has 0 atom stereocenters. The minimum Gasteiger partial charge on any atom is -0.344 e. The molecule has 0 saturated carbocycles. The summed E-state index contributed by atoms with van der Waals surface area (Å²) in [5, 5.41) is 3.02. The average molecular weight is 235 g/mol. The molecule has 4 nitrogen and oxygen atoms in total. The Morgan fingerprint density at radius 3 is 2.53 bits per heavy atom. The number of nitrogens with one attached hydrogen (secondary N) is 1. The van der Waals surface area contributed by atoms with Gasteiger partial charge in [0.05, 0.1) is 5.54 Å². The Balaban J connectivity index is 2.50. The Kier molecular flexibility index (Phi) is 4.63. The van der Waals surface area contributed by atoms with Crippen LogP contribution in [0.5, 0.6) is 0 Å². The van der Waals surface area contributed by atoms with Crippen LogP contribution < -0.4 is 5.32 Å². The van der Waals surface area contributed by atoms with Gasteiger partial charge >= 0.3 is 0 Å². The molecule has 0 aliphatic carbocycles. The van der Waals surface area contributed by atoms with Crippen molar-refractivity contribution in [3.63, 3.8) is 0 Å². The summed E-state index contributed by atoms with van der Waals surface area (Å²) in [5.41, 5.74) is 0.689. The van der Waals surface area contributed by atoms with Gasteiger partial charge < -0.3 is 10.2 Å². The highest BCUT2D eigenvalue weighted by atomic mass is 16.2. The van der Waals surface area contributed by atoms with Crippen molar-refractivity contribution in [3.05, 3.63) is 30.1 Å². The van der Waals surface area contributed by atoms with Gasteiger partial charge in [0.25, 0.3) is 0 Å². The summed E-state index contributed by atoms with van der Waals surface area (Å²) >= 11 is 0. The first-order chi connectivity index (χ1) is 7.97. The SMILES string of the molecule is CNC(C)(C)C(=O)N(C)CCc1ccncc1. The molecule has 1 aromatic heterocycles. The maximum absolute atomic E-state index is 12.1.